The van der Waals surface area contributed by atoms with E-state index in [1.807, 2.05) is 32.9 Å². The lowest BCUT2D eigenvalue weighted by Gasteiger charge is -2.28. The second-order valence-corrected chi connectivity index (χ2v) is 6.12. The van der Waals surface area contributed by atoms with E-state index in [-0.39, 0.29) is 0 Å². The maximum absolute atomic E-state index is 11.6. The highest BCUT2D eigenvalue weighted by molar-refractivity contribution is 5.67. The first kappa shape index (κ1) is 15.6. The van der Waals surface area contributed by atoms with Gasteiger partial charge in [0.05, 0.1) is 0 Å². The summed E-state index contributed by atoms with van der Waals surface area (Å²) in [6, 6.07) is 3.99. The Balaban J connectivity index is 1.83. The fourth-order valence-electron chi connectivity index (χ4n) is 2.09. The van der Waals surface area contributed by atoms with Crippen LogP contribution < -0.4 is 15.5 Å². The molecule has 2 heterocycles. The fraction of sp³-hybridized carbons (Fsp3) is 0.600. The van der Waals surface area contributed by atoms with Crippen LogP contribution in [0.2, 0.25) is 0 Å². The van der Waals surface area contributed by atoms with Gasteiger partial charge in [0.1, 0.15) is 11.4 Å². The maximum Gasteiger partial charge on any atom is 0.407 e. The monoisotopic (exact) mass is 292 g/mol. The molecule has 0 bridgehead atoms. The number of hydrogen-bond acceptors (Lipinski definition) is 5. The van der Waals surface area contributed by atoms with Crippen molar-refractivity contribution in [3.8, 4) is 0 Å². The third-order valence-corrected chi connectivity index (χ3v) is 3.09. The second-order valence-electron chi connectivity index (χ2n) is 6.12. The molecule has 1 fully saturated rings. The van der Waals surface area contributed by atoms with Gasteiger partial charge in [0, 0.05) is 38.9 Å². The van der Waals surface area contributed by atoms with Crippen LogP contribution >= 0.6 is 0 Å². The van der Waals surface area contributed by atoms with E-state index in [9.17, 15) is 4.79 Å². The van der Waals surface area contributed by atoms with Gasteiger partial charge in [-0.2, -0.15) is 0 Å². The number of pyridine rings is 1. The summed E-state index contributed by atoms with van der Waals surface area (Å²) in [6.45, 7) is 9.88. The molecule has 1 aliphatic rings. The molecule has 0 unspecified atom stereocenters. The third kappa shape index (κ3) is 5.23. The minimum atomic E-state index is -0.478. The van der Waals surface area contributed by atoms with Crippen LogP contribution in [0.25, 0.3) is 0 Å². The average molecular weight is 292 g/mol. The molecule has 0 aromatic carbocycles. The predicted molar refractivity (Wildman–Crippen MR) is 82.4 cm³/mol. The number of ether oxygens (including phenoxy) is 1. The number of carbonyl (C=O) groups is 1. The first-order chi connectivity index (χ1) is 9.94. The molecule has 0 radical (unpaired) electrons. The van der Waals surface area contributed by atoms with Gasteiger partial charge < -0.3 is 20.3 Å². The summed E-state index contributed by atoms with van der Waals surface area (Å²) in [5, 5.41) is 6.05. The standard InChI is InChI=1S/C15H24N4O2/c1-15(2,3)21-14(20)18-11-12-4-5-13(17-10-12)19-8-6-16-7-9-19/h4-5,10,16H,6-9,11H2,1-3H3,(H,18,20). The fourth-order valence-corrected chi connectivity index (χ4v) is 2.09. The molecule has 1 aliphatic heterocycles. The van der Waals surface area contributed by atoms with E-state index < -0.39 is 11.7 Å². The SMILES string of the molecule is CC(C)(C)OC(=O)NCc1ccc(N2CCNCC2)nc1. The third-order valence-electron chi connectivity index (χ3n) is 3.09. The molecule has 0 saturated carbocycles. The number of rotatable bonds is 3. The summed E-state index contributed by atoms with van der Waals surface area (Å²) in [6.07, 6.45) is 1.39. The molecule has 2 N–H and O–H groups in total. The molecule has 6 nitrogen and oxygen atoms in total. The van der Waals surface area contributed by atoms with Gasteiger partial charge in [-0.15, -0.1) is 0 Å². The molecule has 2 rings (SSSR count). The van der Waals surface area contributed by atoms with Crippen LogP contribution in [0, 0.1) is 0 Å². The molecule has 1 amide bonds. The van der Waals surface area contributed by atoms with Crippen molar-refractivity contribution in [3.63, 3.8) is 0 Å². The van der Waals surface area contributed by atoms with Crippen LogP contribution in [0.4, 0.5) is 10.6 Å². The van der Waals surface area contributed by atoms with Crippen molar-refractivity contribution >= 4 is 11.9 Å². The van der Waals surface area contributed by atoms with Gasteiger partial charge >= 0.3 is 6.09 Å². The van der Waals surface area contributed by atoms with E-state index in [2.05, 4.69) is 20.5 Å². The van der Waals surface area contributed by atoms with Crippen molar-refractivity contribution < 1.29 is 9.53 Å². The van der Waals surface area contributed by atoms with E-state index >= 15 is 0 Å². The Morgan fingerprint density at radius 3 is 2.67 bits per heavy atom. The molecule has 0 aliphatic carbocycles. The van der Waals surface area contributed by atoms with E-state index in [0.717, 1.165) is 37.6 Å². The van der Waals surface area contributed by atoms with Gasteiger partial charge in [-0.1, -0.05) is 6.07 Å². The lowest BCUT2D eigenvalue weighted by molar-refractivity contribution is 0.0523. The molecule has 116 valence electrons. The predicted octanol–water partition coefficient (Wildman–Crippen LogP) is 1.52. The Morgan fingerprint density at radius 1 is 1.38 bits per heavy atom. The van der Waals surface area contributed by atoms with Crippen LogP contribution in [-0.4, -0.2) is 42.9 Å². The van der Waals surface area contributed by atoms with Crippen molar-refractivity contribution in [1.29, 1.82) is 0 Å². The van der Waals surface area contributed by atoms with Crippen molar-refractivity contribution in [1.82, 2.24) is 15.6 Å². The minimum Gasteiger partial charge on any atom is -0.444 e. The van der Waals surface area contributed by atoms with E-state index in [4.69, 9.17) is 4.74 Å². The summed E-state index contributed by atoms with van der Waals surface area (Å²) in [5.41, 5.74) is 0.480. The number of piperazine rings is 1. The highest BCUT2D eigenvalue weighted by Gasteiger charge is 2.16. The van der Waals surface area contributed by atoms with Gasteiger partial charge in [-0.3, -0.25) is 0 Å². The maximum atomic E-state index is 11.6. The Morgan fingerprint density at radius 2 is 2.10 bits per heavy atom. The number of nitrogens with zero attached hydrogens (tertiary/aromatic N) is 2. The molecular formula is C15H24N4O2. The van der Waals surface area contributed by atoms with Gasteiger partial charge in [0.2, 0.25) is 0 Å². The Labute approximate surface area is 125 Å². The molecule has 0 spiro atoms. The summed E-state index contributed by atoms with van der Waals surface area (Å²) in [4.78, 5) is 18.3. The normalized spacial score (nSPS) is 15.7. The molecule has 21 heavy (non-hydrogen) atoms. The van der Waals surface area contributed by atoms with E-state index in [1.165, 1.54) is 0 Å². The number of alkyl carbamates (subject to hydrolysis) is 1. The molecule has 1 aromatic rings. The van der Waals surface area contributed by atoms with Crippen molar-refractivity contribution in [2.45, 2.75) is 32.9 Å². The lowest BCUT2D eigenvalue weighted by atomic mass is 10.2. The lowest BCUT2D eigenvalue weighted by Crippen LogP contribution is -2.43. The van der Waals surface area contributed by atoms with Gasteiger partial charge in [0.25, 0.3) is 0 Å². The zero-order valence-corrected chi connectivity index (χ0v) is 13.0. The van der Waals surface area contributed by atoms with Gasteiger partial charge in [-0.25, -0.2) is 9.78 Å². The van der Waals surface area contributed by atoms with Crippen LogP contribution in [-0.2, 0) is 11.3 Å². The first-order valence-electron chi connectivity index (χ1n) is 7.31. The second kappa shape index (κ2) is 6.76. The molecule has 6 heteroatoms. The smallest absolute Gasteiger partial charge is 0.407 e. The van der Waals surface area contributed by atoms with E-state index in [1.54, 1.807) is 6.20 Å². The Hall–Kier alpha value is -1.82. The zero-order chi connectivity index (χ0) is 15.3. The molecule has 1 saturated heterocycles. The number of nitrogens with one attached hydrogen (secondary N) is 2. The number of amides is 1. The molecular weight excluding hydrogens is 268 g/mol. The van der Waals surface area contributed by atoms with Gasteiger partial charge in [-0.05, 0) is 32.4 Å². The zero-order valence-electron chi connectivity index (χ0n) is 13.0. The Bertz CT molecular complexity index is 462. The number of aromatic nitrogens is 1. The largest absolute Gasteiger partial charge is 0.444 e. The quantitative estimate of drug-likeness (QED) is 0.884. The summed E-state index contributed by atoms with van der Waals surface area (Å²) >= 11 is 0. The van der Waals surface area contributed by atoms with Crippen molar-refractivity contribution in [3.05, 3.63) is 23.9 Å². The summed E-state index contributed by atoms with van der Waals surface area (Å²) in [5.74, 6) is 0.984. The van der Waals surface area contributed by atoms with Crippen LogP contribution in [0.5, 0.6) is 0 Å². The highest BCUT2D eigenvalue weighted by Crippen LogP contribution is 2.12. The summed E-state index contributed by atoms with van der Waals surface area (Å²) in [7, 11) is 0. The van der Waals surface area contributed by atoms with Gasteiger partial charge in [0.15, 0.2) is 0 Å². The van der Waals surface area contributed by atoms with E-state index in [0.29, 0.717) is 6.54 Å². The van der Waals surface area contributed by atoms with Crippen molar-refractivity contribution in [2.24, 2.45) is 0 Å². The number of hydrogen-bond donors (Lipinski definition) is 2. The molecule has 0 atom stereocenters. The topological polar surface area (TPSA) is 66.5 Å². The van der Waals surface area contributed by atoms with Crippen molar-refractivity contribution in [2.75, 3.05) is 31.1 Å². The van der Waals surface area contributed by atoms with Crippen LogP contribution in [0.1, 0.15) is 26.3 Å². The summed E-state index contributed by atoms with van der Waals surface area (Å²) < 4.78 is 5.19. The average Bonchev–Trinajstić information content (AvgIpc) is 2.45. The molecule has 1 aromatic heterocycles. The van der Waals surface area contributed by atoms with Crippen LogP contribution in [0.15, 0.2) is 18.3 Å². The van der Waals surface area contributed by atoms with Crippen LogP contribution in [0.3, 0.4) is 0 Å². The number of carbonyl (C=O) groups excluding carboxylic acids is 1. The number of anilines is 1. The minimum absolute atomic E-state index is 0.409. The Kier molecular flexibility index (Phi) is 5.01. The highest BCUT2D eigenvalue weighted by atomic mass is 16.6. The first-order valence-corrected chi connectivity index (χ1v) is 7.31.